The summed E-state index contributed by atoms with van der Waals surface area (Å²) in [4.78, 5) is 13.3. The fourth-order valence-electron chi connectivity index (χ4n) is 7.67. The van der Waals surface area contributed by atoms with Crippen LogP contribution < -0.4 is 0 Å². The maximum atomic E-state index is 14.5. The van der Waals surface area contributed by atoms with Crippen LogP contribution in [-0.4, -0.2) is 39.2 Å². The van der Waals surface area contributed by atoms with E-state index in [4.69, 9.17) is 4.74 Å². The number of rotatable bonds is 3. The number of alkyl halides is 3. The van der Waals surface area contributed by atoms with Gasteiger partial charge >= 0.3 is 12.1 Å². The van der Waals surface area contributed by atoms with E-state index in [0.717, 1.165) is 0 Å². The number of hydrogen-bond donors (Lipinski definition) is 2. The summed E-state index contributed by atoms with van der Waals surface area (Å²) in [6, 6.07) is 0. The number of hydrogen-bond acceptors (Lipinski definition) is 4. The molecule has 1 spiro atoms. The number of halogens is 3. The van der Waals surface area contributed by atoms with Crippen molar-refractivity contribution < 1.29 is 32.9 Å². The molecular formula is C21H31F3O4. The predicted octanol–water partition coefficient (Wildman–Crippen LogP) is 3.98. The van der Waals surface area contributed by atoms with Gasteiger partial charge in [-0.25, -0.2) is 0 Å². The SMILES string of the molecule is CC(C)(C)CC(C(=O)OC12CC3CC4(O)CC(O)(C1)C342)(C(C)(C)C)C(F)(F)F. The third-order valence-corrected chi connectivity index (χ3v) is 8.32. The first-order chi connectivity index (χ1) is 12.3. The van der Waals surface area contributed by atoms with Crippen LogP contribution in [0.25, 0.3) is 0 Å². The highest BCUT2D eigenvalue weighted by atomic mass is 19.4. The second kappa shape index (κ2) is 4.74. The fourth-order valence-corrected chi connectivity index (χ4v) is 7.67. The summed E-state index contributed by atoms with van der Waals surface area (Å²) in [5, 5.41) is 21.5. The molecule has 0 aromatic carbocycles. The molecule has 4 saturated carbocycles. The first kappa shape index (κ1) is 20.5. The standard InChI is InChI=1S/C21H31F3O4/c1-14(2,3)9-19(15(4,5)6,21(22,23)24)13(25)28-18-8-12-7-16(26)10-17(27,11-18)20(12,16)18/h12,26-27H,7-11H2,1-6H3. The summed E-state index contributed by atoms with van der Waals surface area (Å²) in [6.07, 6.45) is -3.88. The molecule has 4 rings (SSSR count). The van der Waals surface area contributed by atoms with Crippen molar-refractivity contribution in [1.82, 2.24) is 0 Å². The van der Waals surface area contributed by atoms with Crippen molar-refractivity contribution in [1.29, 1.82) is 0 Å². The Labute approximate surface area is 163 Å². The van der Waals surface area contributed by atoms with Gasteiger partial charge in [-0.3, -0.25) is 4.79 Å². The summed E-state index contributed by atoms with van der Waals surface area (Å²) < 4.78 is 49.2. The van der Waals surface area contributed by atoms with Crippen LogP contribution in [0, 0.1) is 27.6 Å². The molecule has 28 heavy (non-hydrogen) atoms. The highest BCUT2D eigenvalue weighted by molar-refractivity contribution is 5.80. The molecule has 6 unspecified atom stereocenters. The monoisotopic (exact) mass is 404 g/mol. The average Bonchev–Trinajstić information content (AvgIpc) is 2.36. The van der Waals surface area contributed by atoms with E-state index in [1.54, 1.807) is 20.8 Å². The summed E-state index contributed by atoms with van der Waals surface area (Å²) in [7, 11) is 0. The topological polar surface area (TPSA) is 66.8 Å². The van der Waals surface area contributed by atoms with E-state index in [-0.39, 0.29) is 18.8 Å². The normalized spacial score (nSPS) is 45.9. The quantitative estimate of drug-likeness (QED) is 0.699. The summed E-state index contributed by atoms with van der Waals surface area (Å²) in [5.74, 6) is -1.24. The minimum absolute atomic E-state index is 0.0235. The summed E-state index contributed by atoms with van der Waals surface area (Å²) >= 11 is 0. The lowest BCUT2D eigenvalue weighted by Crippen LogP contribution is -3.04. The van der Waals surface area contributed by atoms with E-state index in [0.29, 0.717) is 12.8 Å². The molecule has 0 heterocycles. The highest BCUT2D eigenvalue weighted by Crippen LogP contribution is 2.92. The number of esters is 1. The van der Waals surface area contributed by atoms with Gasteiger partial charge in [0, 0.05) is 12.8 Å². The number of ether oxygens (including phenoxy) is 1. The third kappa shape index (κ3) is 1.85. The van der Waals surface area contributed by atoms with Gasteiger partial charge in [-0.15, -0.1) is 0 Å². The van der Waals surface area contributed by atoms with Crippen molar-refractivity contribution in [2.75, 3.05) is 0 Å². The van der Waals surface area contributed by atoms with Gasteiger partial charge in [0.05, 0.1) is 16.6 Å². The third-order valence-electron chi connectivity index (χ3n) is 8.32. The number of aliphatic hydroxyl groups is 2. The van der Waals surface area contributed by atoms with E-state index in [1.807, 2.05) is 0 Å². The molecule has 2 N–H and O–H groups in total. The fraction of sp³-hybridized carbons (Fsp3) is 0.952. The lowest BCUT2D eigenvalue weighted by molar-refractivity contribution is -0.549. The van der Waals surface area contributed by atoms with Crippen molar-refractivity contribution in [3.8, 4) is 0 Å². The molecule has 0 bridgehead atoms. The van der Waals surface area contributed by atoms with Crippen molar-refractivity contribution in [2.24, 2.45) is 27.6 Å². The van der Waals surface area contributed by atoms with Crippen molar-refractivity contribution in [3.63, 3.8) is 0 Å². The van der Waals surface area contributed by atoms with Crippen LogP contribution in [0.5, 0.6) is 0 Å². The minimum atomic E-state index is -4.79. The van der Waals surface area contributed by atoms with Gasteiger partial charge < -0.3 is 14.9 Å². The molecule has 6 atom stereocenters. The van der Waals surface area contributed by atoms with Crippen LogP contribution in [0.4, 0.5) is 13.2 Å². The Kier molecular flexibility index (Phi) is 3.46. The average molecular weight is 404 g/mol. The zero-order valence-electron chi connectivity index (χ0n) is 17.5. The van der Waals surface area contributed by atoms with Gasteiger partial charge in [0.25, 0.3) is 0 Å². The second-order valence-corrected chi connectivity index (χ2v) is 12.1. The van der Waals surface area contributed by atoms with E-state index in [1.165, 1.54) is 20.8 Å². The zero-order chi connectivity index (χ0) is 21.4. The second-order valence-electron chi connectivity index (χ2n) is 12.1. The first-order valence-electron chi connectivity index (χ1n) is 10.1. The molecule has 0 aliphatic heterocycles. The Morgan fingerprint density at radius 1 is 1.00 bits per heavy atom. The number of carbonyl (C=O) groups excluding carboxylic acids is 1. The Morgan fingerprint density at radius 3 is 1.93 bits per heavy atom. The largest absolute Gasteiger partial charge is 0.457 e. The molecule has 0 aromatic heterocycles. The van der Waals surface area contributed by atoms with Gasteiger partial charge in [-0.2, -0.15) is 13.2 Å². The van der Waals surface area contributed by atoms with Crippen molar-refractivity contribution in [2.45, 2.75) is 96.6 Å². The van der Waals surface area contributed by atoms with Gasteiger partial charge in [0.1, 0.15) is 5.60 Å². The van der Waals surface area contributed by atoms with Gasteiger partial charge in [-0.1, -0.05) is 41.5 Å². The molecule has 0 radical (unpaired) electrons. The minimum Gasteiger partial charge on any atom is -0.457 e. The van der Waals surface area contributed by atoms with Crippen LogP contribution in [0.3, 0.4) is 0 Å². The smallest absolute Gasteiger partial charge is 0.405 e. The van der Waals surface area contributed by atoms with E-state index < -0.39 is 57.0 Å². The molecule has 4 nitrogen and oxygen atoms in total. The van der Waals surface area contributed by atoms with Crippen LogP contribution in [0.1, 0.15) is 73.6 Å². The summed E-state index contributed by atoms with van der Waals surface area (Å²) in [6.45, 7) is 9.32. The molecule has 7 heteroatoms. The van der Waals surface area contributed by atoms with Crippen LogP contribution >= 0.6 is 0 Å². The van der Waals surface area contributed by atoms with Gasteiger partial charge in [-0.05, 0) is 36.0 Å². The lowest BCUT2D eigenvalue weighted by Gasteiger charge is -2.94. The predicted molar refractivity (Wildman–Crippen MR) is 95.1 cm³/mol. The Hall–Kier alpha value is -0.820. The van der Waals surface area contributed by atoms with Gasteiger partial charge in [0.15, 0.2) is 5.41 Å². The van der Waals surface area contributed by atoms with Crippen LogP contribution in [0.15, 0.2) is 0 Å². The maximum absolute atomic E-state index is 14.5. The van der Waals surface area contributed by atoms with E-state index in [2.05, 4.69) is 0 Å². The molecule has 160 valence electrons. The van der Waals surface area contributed by atoms with Crippen molar-refractivity contribution in [3.05, 3.63) is 0 Å². The van der Waals surface area contributed by atoms with Crippen LogP contribution in [0.2, 0.25) is 0 Å². The maximum Gasteiger partial charge on any atom is 0.405 e. The molecule has 0 amide bonds. The van der Waals surface area contributed by atoms with Gasteiger partial charge in [0.2, 0.25) is 0 Å². The zero-order valence-corrected chi connectivity index (χ0v) is 17.5. The van der Waals surface area contributed by atoms with Crippen LogP contribution in [-0.2, 0) is 9.53 Å². The van der Waals surface area contributed by atoms with E-state index in [9.17, 15) is 28.2 Å². The Balaban J connectivity index is 1.70. The molecule has 4 aliphatic carbocycles. The lowest BCUT2D eigenvalue weighted by atomic mass is 9.13. The Morgan fingerprint density at radius 2 is 1.57 bits per heavy atom. The molecular weight excluding hydrogens is 373 g/mol. The summed E-state index contributed by atoms with van der Waals surface area (Å²) in [5.41, 5.74) is -9.15. The Bertz CT molecular complexity index is 724. The van der Waals surface area contributed by atoms with E-state index >= 15 is 0 Å². The first-order valence-corrected chi connectivity index (χ1v) is 10.1. The molecule has 4 fully saturated rings. The number of carbonyl (C=O) groups is 1. The molecule has 0 saturated heterocycles. The highest BCUT2D eigenvalue weighted by Gasteiger charge is 3.02. The van der Waals surface area contributed by atoms with Crippen molar-refractivity contribution >= 4 is 5.97 Å². The molecule has 4 aliphatic rings. The molecule has 0 aromatic rings.